The molecule has 0 bridgehead atoms. The zero-order chi connectivity index (χ0) is 24.3. The second-order valence-electron chi connectivity index (χ2n) is 9.22. The molecule has 36 heavy (non-hydrogen) atoms. The number of methoxy groups -OCH3 is 1. The van der Waals surface area contributed by atoms with E-state index in [1.807, 2.05) is 18.5 Å². The van der Waals surface area contributed by atoms with Gasteiger partial charge in [-0.25, -0.2) is 0 Å². The van der Waals surface area contributed by atoms with Crippen LogP contribution < -0.4 is 4.90 Å². The molecule has 1 atom stereocenters. The van der Waals surface area contributed by atoms with Crippen molar-refractivity contribution in [2.75, 3.05) is 25.1 Å². The number of hydrogen-bond acceptors (Lipinski definition) is 4. The third kappa shape index (κ3) is 4.53. The number of ether oxygens (including phenoxy) is 1. The molecule has 1 fully saturated rings. The van der Waals surface area contributed by atoms with E-state index in [0.29, 0.717) is 6.10 Å². The molecule has 1 saturated heterocycles. The summed E-state index contributed by atoms with van der Waals surface area (Å²) < 4.78 is 5.49. The molecule has 0 saturated carbocycles. The molecule has 6 rings (SSSR count). The van der Waals surface area contributed by atoms with Crippen molar-refractivity contribution >= 4 is 46.6 Å². The molecule has 0 aliphatic carbocycles. The number of nitrogens with zero attached hydrogens (tertiary/aromatic N) is 3. The van der Waals surface area contributed by atoms with Crippen LogP contribution in [0.2, 0.25) is 0 Å². The normalized spacial score (nSPS) is 18.7. The van der Waals surface area contributed by atoms with Gasteiger partial charge in [0.15, 0.2) is 0 Å². The first-order valence-corrected chi connectivity index (χ1v) is 12.3. The monoisotopic (exact) mass is 472 g/mol. The van der Waals surface area contributed by atoms with Gasteiger partial charge in [-0.05, 0) is 59.5 Å². The molecule has 2 aliphatic rings. The number of H-pyrrole nitrogens is 1. The van der Waals surface area contributed by atoms with Crippen molar-refractivity contribution in [3.63, 3.8) is 0 Å². The molecule has 3 aromatic carbocycles. The second-order valence-corrected chi connectivity index (χ2v) is 9.22. The number of benzene rings is 3. The van der Waals surface area contributed by atoms with Gasteiger partial charge in [0.1, 0.15) is 0 Å². The first-order chi connectivity index (χ1) is 17.8. The quantitative estimate of drug-likeness (QED) is 0.350. The van der Waals surface area contributed by atoms with E-state index in [9.17, 15) is 0 Å². The van der Waals surface area contributed by atoms with Crippen LogP contribution in [0.1, 0.15) is 28.8 Å². The van der Waals surface area contributed by atoms with E-state index in [2.05, 4.69) is 105 Å². The topological polar surface area (TPSA) is 53.5 Å². The van der Waals surface area contributed by atoms with E-state index in [1.54, 1.807) is 7.11 Å². The van der Waals surface area contributed by atoms with Gasteiger partial charge in [-0.15, -0.1) is 0 Å². The van der Waals surface area contributed by atoms with Crippen LogP contribution in [-0.4, -0.2) is 42.7 Å². The lowest BCUT2D eigenvalue weighted by molar-refractivity contribution is 0.121. The Bertz CT molecular complexity index is 1490. The van der Waals surface area contributed by atoms with E-state index in [1.165, 1.54) is 11.3 Å². The van der Waals surface area contributed by atoms with Gasteiger partial charge in [-0.2, -0.15) is 5.10 Å². The Morgan fingerprint density at radius 3 is 2.61 bits per heavy atom. The van der Waals surface area contributed by atoms with Crippen LogP contribution in [0.3, 0.4) is 0 Å². The Balaban J connectivity index is 1.18. The van der Waals surface area contributed by atoms with Gasteiger partial charge in [0.05, 0.1) is 17.3 Å². The molecule has 0 spiro atoms. The maximum atomic E-state index is 5.49. The average Bonchev–Trinajstić information content (AvgIpc) is 3.68. The van der Waals surface area contributed by atoms with Crippen LogP contribution in [0.5, 0.6) is 0 Å². The Morgan fingerprint density at radius 1 is 0.972 bits per heavy atom. The molecule has 0 radical (unpaired) electrons. The number of fused-ring (bicyclic) bond motifs is 1. The van der Waals surface area contributed by atoms with Gasteiger partial charge in [0, 0.05) is 54.8 Å². The molecule has 1 aromatic heterocycles. The van der Waals surface area contributed by atoms with E-state index in [0.717, 1.165) is 58.4 Å². The Labute approximate surface area is 211 Å². The number of rotatable bonds is 6. The van der Waals surface area contributed by atoms with Crippen LogP contribution in [-0.2, 0) is 4.74 Å². The maximum Gasteiger partial charge on any atom is 0.0927 e. The highest BCUT2D eigenvalue weighted by Crippen LogP contribution is 2.29. The number of nitrogens with one attached hydrogen (secondary N) is 1. The summed E-state index contributed by atoms with van der Waals surface area (Å²) in [6.07, 6.45) is 11.6. The number of aromatic nitrogens is 2. The molecule has 178 valence electrons. The van der Waals surface area contributed by atoms with Crippen molar-refractivity contribution in [3.8, 4) is 0 Å². The molecule has 2 aliphatic heterocycles. The molecular weight excluding hydrogens is 444 g/mol. The molecule has 1 unspecified atom stereocenters. The molecule has 5 heteroatoms. The fourth-order valence-electron chi connectivity index (χ4n) is 4.89. The van der Waals surface area contributed by atoms with E-state index in [4.69, 9.17) is 4.74 Å². The second kappa shape index (κ2) is 9.80. The maximum absolute atomic E-state index is 5.49. The molecule has 1 N–H and O–H groups in total. The highest BCUT2D eigenvalue weighted by Gasteiger charge is 2.21. The predicted octanol–water partition coefficient (Wildman–Crippen LogP) is 6.47. The summed E-state index contributed by atoms with van der Waals surface area (Å²) >= 11 is 0. The number of aliphatic imine (C=N–C) groups is 1. The highest BCUT2D eigenvalue weighted by molar-refractivity contribution is 6.09. The lowest BCUT2D eigenvalue weighted by atomic mass is 9.98. The summed E-state index contributed by atoms with van der Waals surface area (Å²) in [5.41, 5.74) is 8.87. The Hall–Kier alpha value is -4.22. The fraction of sp³-hybridized carbons (Fsp3) is 0.161. The first-order valence-electron chi connectivity index (χ1n) is 12.3. The third-order valence-corrected chi connectivity index (χ3v) is 6.92. The Morgan fingerprint density at radius 2 is 1.81 bits per heavy atom. The lowest BCUT2D eigenvalue weighted by Crippen LogP contribution is -2.21. The minimum absolute atomic E-state index is 0.336. The van der Waals surface area contributed by atoms with Gasteiger partial charge in [0.2, 0.25) is 0 Å². The van der Waals surface area contributed by atoms with Crippen LogP contribution in [0.4, 0.5) is 5.69 Å². The summed E-state index contributed by atoms with van der Waals surface area (Å²) in [5, 5.41) is 8.85. The van der Waals surface area contributed by atoms with Crippen LogP contribution in [0.15, 0.2) is 89.6 Å². The van der Waals surface area contributed by atoms with Crippen LogP contribution >= 0.6 is 0 Å². The number of anilines is 1. The highest BCUT2D eigenvalue weighted by atomic mass is 16.5. The minimum Gasteiger partial charge on any atom is -0.380 e. The zero-order valence-electron chi connectivity index (χ0n) is 20.3. The third-order valence-electron chi connectivity index (χ3n) is 6.92. The molecule has 0 amide bonds. The van der Waals surface area contributed by atoms with Gasteiger partial charge in [0.25, 0.3) is 0 Å². The summed E-state index contributed by atoms with van der Waals surface area (Å²) in [6.45, 7) is 2.00. The number of hydrogen-bond donors (Lipinski definition) is 1. The van der Waals surface area contributed by atoms with Crippen LogP contribution in [0, 0.1) is 0 Å². The largest absolute Gasteiger partial charge is 0.380 e. The lowest BCUT2D eigenvalue weighted by Gasteiger charge is -2.18. The predicted molar refractivity (Wildman–Crippen MR) is 150 cm³/mol. The summed E-state index contributed by atoms with van der Waals surface area (Å²) in [4.78, 5) is 6.76. The fourth-order valence-corrected chi connectivity index (χ4v) is 4.89. The van der Waals surface area contributed by atoms with Gasteiger partial charge in [-0.3, -0.25) is 10.1 Å². The Kier molecular flexibility index (Phi) is 6.06. The standard InChI is InChI=1S/C31H28N4O/c1-36-27-15-16-35(21-27)26-11-7-22(8-12-26)10-14-30-28-13-9-23(18-31(28)34-33-30)17-25-19-32-20-29(25)24-5-3-2-4-6-24/h2-14,17-20,27H,15-16,21H2,1H3,(H,33,34)/b14-10?,25-17-. The molecule has 4 aromatic rings. The summed E-state index contributed by atoms with van der Waals surface area (Å²) in [7, 11) is 1.79. The molecule has 3 heterocycles. The van der Waals surface area contributed by atoms with E-state index >= 15 is 0 Å². The van der Waals surface area contributed by atoms with Gasteiger partial charge < -0.3 is 9.64 Å². The van der Waals surface area contributed by atoms with Crippen LogP contribution in [0.25, 0.3) is 34.7 Å². The molecular formula is C31H28N4O. The van der Waals surface area contributed by atoms with E-state index in [-0.39, 0.29) is 0 Å². The zero-order valence-corrected chi connectivity index (χ0v) is 20.3. The number of allylic oxidation sites excluding steroid dienone is 2. The van der Waals surface area contributed by atoms with E-state index < -0.39 is 0 Å². The SMILES string of the molecule is COC1CCN(c2ccc(C=Cc3n[nH]c4cc(/C=C5/C=NC=C5c5ccccc5)ccc34)cc2)C1. The van der Waals surface area contributed by atoms with Crippen molar-refractivity contribution in [1.82, 2.24) is 10.2 Å². The molecule has 5 nitrogen and oxygen atoms in total. The average molecular weight is 473 g/mol. The van der Waals surface area contributed by atoms with Crippen molar-refractivity contribution < 1.29 is 4.74 Å². The van der Waals surface area contributed by atoms with Gasteiger partial charge >= 0.3 is 0 Å². The summed E-state index contributed by atoms with van der Waals surface area (Å²) in [5.74, 6) is 0. The van der Waals surface area contributed by atoms with Gasteiger partial charge in [-0.1, -0.05) is 54.6 Å². The summed E-state index contributed by atoms with van der Waals surface area (Å²) in [6, 6.07) is 25.5. The van der Waals surface area contributed by atoms with Crippen molar-refractivity contribution in [2.24, 2.45) is 4.99 Å². The first kappa shape index (κ1) is 22.3. The minimum atomic E-state index is 0.336. The van der Waals surface area contributed by atoms with Crippen molar-refractivity contribution in [1.29, 1.82) is 0 Å². The van der Waals surface area contributed by atoms with Crippen molar-refractivity contribution in [2.45, 2.75) is 12.5 Å². The smallest absolute Gasteiger partial charge is 0.0927 e. The van der Waals surface area contributed by atoms with Crippen molar-refractivity contribution in [3.05, 3.63) is 107 Å². The number of aromatic amines is 1.